The Bertz CT molecular complexity index is 665. The van der Waals surface area contributed by atoms with Crippen LogP contribution in [-0.4, -0.2) is 42.4 Å². The van der Waals surface area contributed by atoms with E-state index in [2.05, 4.69) is 26.1 Å². The van der Waals surface area contributed by atoms with Gasteiger partial charge in [0.15, 0.2) is 0 Å². The molecule has 1 atom stereocenters. The molecule has 1 aromatic carbocycles. The van der Waals surface area contributed by atoms with Crippen molar-refractivity contribution in [3.63, 3.8) is 0 Å². The van der Waals surface area contributed by atoms with Gasteiger partial charge in [0.2, 0.25) is 5.91 Å². The van der Waals surface area contributed by atoms with E-state index in [4.69, 9.17) is 17.3 Å². The quantitative estimate of drug-likeness (QED) is 0.819. The van der Waals surface area contributed by atoms with Gasteiger partial charge in [-0.2, -0.15) is 0 Å². The summed E-state index contributed by atoms with van der Waals surface area (Å²) in [5.74, 6) is -0.301. The molecular formula is C20H29ClFN3O2. The van der Waals surface area contributed by atoms with Crippen LogP contribution in [0.1, 0.15) is 50.4 Å². The predicted molar refractivity (Wildman–Crippen MR) is 105 cm³/mol. The number of carbonyl (C=O) groups is 2. The van der Waals surface area contributed by atoms with E-state index in [-0.39, 0.29) is 40.4 Å². The van der Waals surface area contributed by atoms with Gasteiger partial charge < -0.3 is 11.1 Å². The van der Waals surface area contributed by atoms with Crippen LogP contribution in [0, 0.1) is 17.2 Å². The summed E-state index contributed by atoms with van der Waals surface area (Å²) in [6, 6.07) is 3.93. The summed E-state index contributed by atoms with van der Waals surface area (Å²) in [5, 5.41) is 3.18. The molecule has 1 aliphatic carbocycles. The van der Waals surface area contributed by atoms with Crippen molar-refractivity contribution < 1.29 is 14.0 Å². The highest BCUT2D eigenvalue weighted by molar-refractivity contribution is 6.31. The van der Waals surface area contributed by atoms with Gasteiger partial charge in [-0.1, -0.05) is 32.4 Å². The molecule has 3 rings (SSSR count). The second-order valence-electron chi connectivity index (χ2n) is 8.23. The van der Waals surface area contributed by atoms with Crippen LogP contribution in [0.4, 0.5) is 4.39 Å². The van der Waals surface area contributed by atoms with Crippen LogP contribution in [-0.2, 0) is 4.79 Å². The number of primary amides is 1. The van der Waals surface area contributed by atoms with E-state index in [1.807, 2.05) is 4.90 Å². The maximum absolute atomic E-state index is 13.3. The van der Waals surface area contributed by atoms with Crippen LogP contribution < -0.4 is 11.1 Å². The largest absolute Gasteiger partial charge is 0.369 e. The van der Waals surface area contributed by atoms with Gasteiger partial charge in [0, 0.05) is 16.6 Å². The van der Waals surface area contributed by atoms with Gasteiger partial charge in [0.05, 0.1) is 6.54 Å². The fraction of sp³-hybridized carbons (Fsp3) is 0.600. The maximum atomic E-state index is 13.3. The lowest BCUT2D eigenvalue weighted by molar-refractivity contribution is -0.119. The van der Waals surface area contributed by atoms with Crippen molar-refractivity contribution >= 4 is 23.4 Å². The molecule has 2 fully saturated rings. The second kappa shape index (κ2) is 9.02. The highest BCUT2D eigenvalue weighted by atomic mass is 35.5. The average molecular weight is 398 g/mol. The maximum Gasteiger partial charge on any atom is 0.251 e. The lowest BCUT2D eigenvalue weighted by Gasteiger charge is -2.32. The molecule has 2 amide bonds. The Kier molecular flexibility index (Phi) is 7.23. The molecule has 3 N–H and O–H groups in total. The van der Waals surface area contributed by atoms with Crippen LogP contribution in [0.2, 0.25) is 5.02 Å². The van der Waals surface area contributed by atoms with Crippen molar-refractivity contribution in [3.05, 3.63) is 34.6 Å². The molecule has 2 aliphatic rings. The smallest absolute Gasteiger partial charge is 0.251 e. The van der Waals surface area contributed by atoms with Crippen LogP contribution in [0.3, 0.4) is 0 Å². The Morgan fingerprint density at radius 1 is 1.30 bits per heavy atom. The summed E-state index contributed by atoms with van der Waals surface area (Å²) in [5.41, 5.74) is 5.56. The number of piperidine rings is 1. The zero-order valence-corrected chi connectivity index (χ0v) is 17.0. The third-order valence-electron chi connectivity index (χ3n) is 4.85. The Morgan fingerprint density at radius 3 is 2.41 bits per heavy atom. The molecule has 0 unspecified atom stereocenters. The van der Waals surface area contributed by atoms with Gasteiger partial charge >= 0.3 is 0 Å². The van der Waals surface area contributed by atoms with Crippen molar-refractivity contribution in [1.29, 1.82) is 0 Å². The molecule has 7 heteroatoms. The molecule has 27 heavy (non-hydrogen) atoms. The molecule has 150 valence electrons. The molecule has 0 aromatic heterocycles. The molecule has 5 nitrogen and oxygen atoms in total. The Morgan fingerprint density at radius 2 is 1.89 bits per heavy atom. The number of halogens is 2. The van der Waals surface area contributed by atoms with E-state index >= 15 is 0 Å². The van der Waals surface area contributed by atoms with Gasteiger partial charge in [-0.3, -0.25) is 14.5 Å². The first-order valence-corrected chi connectivity index (χ1v) is 9.77. The molecule has 1 spiro atoms. The molecule has 1 aromatic rings. The van der Waals surface area contributed by atoms with Crippen LogP contribution >= 0.6 is 11.6 Å². The number of likely N-dealkylation sites (tertiary alicyclic amines) is 1. The molecule has 0 bridgehead atoms. The third-order valence-corrected chi connectivity index (χ3v) is 5.07. The molecular weight excluding hydrogens is 369 g/mol. The van der Waals surface area contributed by atoms with Crippen LogP contribution in [0.25, 0.3) is 0 Å². The molecule has 1 saturated heterocycles. The lowest BCUT2D eigenvalue weighted by Crippen LogP contribution is -2.42. The number of hydrogen-bond acceptors (Lipinski definition) is 3. The first-order valence-electron chi connectivity index (χ1n) is 9.39. The second-order valence-corrected chi connectivity index (χ2v) is 8.66. The zero-order valence-electron chi connectivity index (χ0n) is 16.2. The Hall–Kier alpha value is -1.66. The number of nitrogens with zero attached hydrogens (tertiary/aromatic N) is 1. The minimum absolute atomic E-state index is 0.104. The van der Waals surface area contributed by atoms with Gasteiger partial charge in [-0.05, 0) is 61.9 Å². The molecule has 1 aliphatic heterocycles. The van der Waals surface area contributed by atoms with E-state index in [0.717, 1.165) is 38.3 Å². The van der Waals surface area contributed by atoms with Gasteiger partial charge in [0.25, 0.3) is 5.91 Å². The van der Waals surface area contributed by atoms with E-state index in [9.17, 15) is 14.0 Å². The number of nitrogens with one attached hydrogen (secondary N) is 1. The predicted octanol–water partition coefficient (Wildman–Crippen LogP) is 3.21. The Labute approximate surface area is 165 Å². The van der Waals surface area contributed by atoms with Crippen molar-refractivity contribution in [2.24, 2.45) is 17.1 Å². The standard InChI is InChI=1S/C16H19ClFN3O2.C4H10/c17-11-5-10(6-12(18)7-11)15(23)20-13-8-16(13)1-3-21(4-2-16)9-14(19)22;1-4(2)3/h5-7,13H,1-4,8-9H2,(H2,19,22)(H,20,23);4H,1-3H3/t13-;/m0./s1. The van der Waals surface area contributed by atoms with Crippen molar-refractivity contribution in [2.75, 3.05) is 19.6 Å². The van der Waals surface area contributed by atoms with Crippen LogP contribution in [0.15, 0.2) is 18.2 Å². The average Bonchev–Trinajstić information content (AvgIpc) is 3.19. The van der Waals surface area contributed by atoms with Crippen LogP contribution in [0.5, 0.6) is 0 Å². The first kappa shape index (κ1) is 21.6. The topological polar surface area (TPSA) is 75.4 Å². The monoisotopic (exact) mass is 397 g/mol. The Balaban J connectivity index is 0.000000596. The van der Waals surface area contributed by atoms with Gasteiger partial charge in [0.1, 0.15) is 5.82 Å². The van der Waals surface area contributed by atoms with E-state index < -0.39 is 5.82 Å². The number of rotatable bonds is 4. The summed E-state index contributed by atoms with van der Waals surface area (Å²) in [4.78, 5) is 25.2. The third kappa shape index (κ3) is 6.47. The summed E-state index contributed by atoms with van der Waals surface area (Å²) >= 11 is 5.78. The van der Waals surface area contributed by atoms with Gasteiger partial charge in [-0.25, -0.2) is 4.39 Å². The van der Waals surface area contributed by atoms with Crippen molar-refractivity contribution in [1.82, 2.24) is 10.2 Å². The highest BCUT2D eigenvalue weighted by Crippen LogP contribution is 2.53. The van der Waals surface area contributed by atoms with E-state index in [0.29, 0.717) is 0 Å². The van der Waals surface area contributed by atoms with Gasteiger partial charge in [-0.15, -0.1) is 0 Å². The van der Waals surface area contributed by atoms with E-state index in [1.165, 1.54) is 18.2 Å². The normalized spacial score (nSPS) is 20.7. The summed E-state index contributed by atoms with van der Waals surface area (Å²) in [6.45, 7) is 8.40. The SMILES string of the molecule is CC(C)C.NC(=O)CN1CCC2(CC1)C[C@@H]2NC(=O)c1cc(F)cc(Cl)c1. The van der Waals surface area contributed by atoms with Crippen molar-refractivity contribution in [2.45, 2.75) is 46.1 Å². The molecule has 0 radical (unpaired) electrons. The summed E-state index contributed by atoms with van der Waals surface area (Å²) in [7, 11) is 0. The van der Waals surface area contributed by atoms with E-state index in [1.54, 1.807) is 0 Å². The lowest BCUT2D eigenvalue weighted by atomic mass is 9.92. The summed E-state index contributed by atoms with van der Waals surface area (Å²) < 4.78 is 13.3. The first-order chi connectivity index (χ1) is 12.6. The minimum Gasteiger partial charge on any atom is -0.369 e. The number of benzene rings is 1. The number of carbonyl (C=O) groups excluding carboxylic acids is 2. The van der Waals surface area contributed by atoms with Crippen molar-refractivity contribution in [3.8, 4) is 0 Å². The molecule has 1 heterocycles. The number of amides is 2. The fourth-order valence-electron chi connectivity index (χ4n) is 3.41. The highest BCUT2D eigenvalue weighted by Gasteiger charge is 2.55. The number of hydrogen-bond donors (Lipinski definition) is 2. The minimum atomic E-state index is -0.520. The summed E-state index contributed by atoms with van der Waals surface area (Å²) in [6.07, 6.45) is 2.77. The zero-order chi connectivity index (χ0) is 20.2. The molecule has 1 saturated carbocycles. The number of nitrogens with two attached hydrogens (primary N) is 1. The fourth-order valence-corrected chi connectivity index (χ4v) is 3.63.